The van der Waals surface area contributed by atoms with E-state index >= 15 is 0 Å². The summed E-state index contributed by atoms with van der Waals surface area (Å²) in [6, 6.07) is 34.8. The molecule has 2 amide bonds. The van der Waals surface area contributed by atoms with Gasteiger partial charge in [0.25, 0.3) is 11.8 Å². The molecule has 1 aliphatic rings. The van der Waals surface area contributed by atoms with Crippen LogP contribution in [0.25, 0.3) is 0 Å². The highest BCUT2D eigenvalue weighted by Gasteiger charge is 2.39. The molecule has 5 rings (SSSR count). The molecule has 32 nitrogen and oxygen atoms in total. The van der Waals surface area contributed by atoms with Crippen molar-refractivity contribution in [1.82, 2.24) is 10.4 Å². The SMILES string of the molecule is CCOCC(C)COP(=O)(OCCOc1ccc(C(OC)OC)c(Cl)c1)OC(C)(C)C.CCOCCOP(=S)(OC(C)CCC(=O)OC)OC(C)(C)C.COCCOCCOP(=O)(OCCOCCOCCCC(=O)ON1C(=O)CCC1=O)OC(C)(C)C.COc1ccc(C(NCCCCCOP(=S)(OC(C)C)OC(C)(C)C)(c2ccccc2)c2ccccc2)cc1. The Morgan fingerprint density at radius 3 is 1.43 bits per heavy atom. The van der Waals surface area contributed by atoms with Crippen molar-refractivity contribution in [3.8, 4) is 11.5 Å². The van der Waals surface area contributed by atoms with Crippen LogP contribution in [0.5, 0.6) is 11.5 Å². The van der Waals surface area contributed by atoms with Crippen LogP contribution in [-0.2, 0) is 159 Å². The highest BCUT2D eigenvalue weighted by Crippen LogP contribution is 2.57. The quantitative estimate of drug-likeness (QED) is 0.0107. The Morgan fingerprint density at radius 1 is 0.480 bits per heavy atom. The van der Waals surface area contributed by atoms with E-state index in [0.717, 1.165) is 37.1 Å². The first-order valence-electron chi connectivity index (χ1n) is 42.8. The minimum Gasteiger partial charge on any atom is -0.497 e. The molecule has 127 heavy (non-hydrogen) atoms. The number of unbranched alkanes of at least 4 members (excludes halogenated alkanes) is 2. The number of hydrogen-bond acceptors (Lipinski definition) is 33. The lowest BCUT2D eigenvalue weighted by molar-refractivity contribution is -0.197. The maximum atomic E-state index is 13.0. The van der Waals surface area contributed by atoms with Crippen LogP contribution >= 0.6 is 40.7 Å². The summed E-state index contributed by atoms with van der Waals surface area (Å²) in [6.07, 6.45) is 3.20. The van der Waals surface area contributed by atoms with Gasteiger partial charge in [-0.05, 0) is 227 Å². The van der Waals surface area contributed by atoms with Crippen molar-refractivity contribution >= 4 is 88.1 Å². The molecule has 0 bridgehead atoms. The van der Waals surface area contributed by atoms with E-state index in [-0.39, 0.29) is 116 Å². The summed E-state index contributed by atoms with van der Waals surface area (Å²) in [5.41, 5.74) is 1.37. The standard InChI is InChI=1S/C32H44NO4PS.C21H36ClO8P.C21H38NO12P.C14H29O6PS/c1-26(2)36-38(39,37-31(3,4)5)35-25-15-9-14-24-33-32(27-16-10-7-11-17-27,28-18-12-8-13-19-28)29-20-22-30(34-6)23-21-29;1-8-26-14-16(2)15-29-31(23,30-21(3,4)5)28-12-11-27-17-9-10-18(19(22)13-17)20(24-6)25-7;1-21(2,3)34-35(26,31-16-14-29-11-10-27-4)32-17-15-30-13-12-28-9-5-6-20(25)33-22-18(23)7-8-19(22)24;1-7-17-10-11-18-21(22,20-14(3,4)5)19-12(2)8-9-13(15)16-6/h7-8,10-13,16-23,26,33H,9,14-15,24-25H2,1-6H3;9-10,13,16,20H,8,11-12,14-15H2,1-7H3;5-17H2,1-4H3;12H,7-11H2,1-6H3. The maximum Gasteiger partial charge on any atom is 0.475 e. The number of rotatable bonds is 61. The number of esters is 1. The number of ether oxygens (including phenoxy) is 11. The van der Waals surface area contributed by atoms with E-state index in [1.807, 2.05) is 95.2 Å². The van der Waals surface area contributed by atoms with Crippen LogP contribution < -0.4 is 14.8 Å². The van der Waals surface area contributed by atoms with Crippen LogP contribution in [0.1, 0.15) is 211 Å². The van der Waals surface area contributed by atoms with Crippen LogP contribution in [0.15, 0.2) is 103 Å². The molecule has 1 fully saturated rings. The smallest absolute Gasteiger partial charge is 0.475 e. The van der Waals surface area contributed by atoms with E-state index in [9.17, 15) is 28.3 Å². The normalized spacial score (nSPS) is 15.1. The van der Waals surface area contributed by atoms with Crippen molar-refractivity contribution in [2.24, 2.45) is 5.92 Å². The molecule has 6 atom stereocenters. The fourth-order valence-corrected chi connectivity index (χ4v) is 20.4. The van der Waals surface area contributed by atoms with Crippen molar-refractivity contribution in [2.45, 2.75) is 229 Å². The largest absolute Gasteiger partial charge is 0.497 e. The number of nitrogens with zero attached hydrogens (tertiary/aromatic N) is 1. The first-order valence-corrected chi connectivity index (χ1v) is 51.2. The highest BCUT2D eigenvalue weighted by molar-refractivity contribution is 8.07. The molecule has 4 aromatic rings. The number of benzene rings is 4. The molecule has 728 valence electrons. The maximum absolute atomic E-state index is 13.0. The van der Waals surface area contributed by atoms with Crippen LogP contribution in [0.3, 0.4) is 0 Å². The predicted octanol–water partition coefficient (Wildman–Crippen LogP) is 19.3. The number of hydrogen-bond donors (Lipinski definition) is 1. The monoisotopic (exact) mass is 1930 g/mol. The van der Waals surface area contributed by atoms with Crippen LogP contribution in [-0.4, -0.2) is 224 Å². The number of halogens is 1. The molecule has 1 heterocycles. The molecule has 0 aliphatic carbocycles. The zero-order chi connectivity index (χ0) is 95.2. The number of methoxy groups -OCH3 is 5. The first kappa shape index (κ1) is 119. The molecule has 1 aliphatic heterocycles. The van der Waals surface area contributed by atoms with Crippen LogP contribution in [0.4, 0.5) is 0 Å². The van der Waals surface area contributed by atoms with Gasteiger partial charge in [0.2, 0.25) is 0 Å². The summed E-state index contributed by atoms with van der Waals surface area (Å²) in [6.45, 7) is 34.1. The topological polar surface area (TPSA) is 339 Å². The van der Waals surface area contributed by atoms with Crippen LogP contribution in [0.2, 0.25) is 5.02 Å². The molecule has 0 aromatic heterocycles. The number of carbonyl (C=O) groups is 4. The van der Waals surface area contributed by atoms with Crippen LogP contribution in [0, 0.1) is 5.92 Å². The lowest BCUT2D eigenvalue weighted by atomic mass is 9.77. The summed E-state index contributed by atoms with van der Waals surface area (Å²) in [5, 5.41) is 4.90. The zero-order valence-corrected chi connectivity index (χ0v) is 85.1. The fraction of sp³-hybridized carbons (Fsp3) is 0.682. The van der Waals surface area contributed by atoms with E-state index in [1.165, 1.54) is 32.5 Å². The van der Waals surface area contributed by atoms with Gasteiger partial charge in [0, 0.05) is 71.9 Å². The lowest BCUT2D eigenvalue weighted by Gasteiger charge is -2.37. The number of amides is 2. The molecule has 6 unspecified atom stereocenters. The molecule has 39 heteroatoms. The Kier molecular flexibility index (Phi) is 59.0. The van der Waals surface area contributed by atoms with E-state index in [0.29, 0.717) is 87.1 Å². The number of nitrogens with one attached hydrogen (secondary N) is 1. The minimum absolute atomic E-state index is 0.00529. The molecule has 0 radical (unpaired) electrons. The number of carbonyl (C=O) groups excluding carboxylic acids is 4. The Balaban J connectivity index is 0.000000584. The van der Waals surface area contributed by atoms with Gasteiger partial charge < -0.3 is 84.1 Å². The van der Waals surface area contributed by atoms with Gasteiger partial charge in [-0.15, -0.1) is 5.06 Å². The van der Waals surface area contributed by atoms with Gasteiger partial charge >= 0.3 is 41.0 Å². The average molecular weight is 1940 g/mol. The van der Waals surface area contributed by atoms with E-state index < -0.39 is 81.1 Å². The summed E-state index contributed by atoms with van der Waals surface area (Å²) < 4.78 is 151. The third-order valence-corrected chi connectivity index (χ3v) is 25.5. The van der Waals surface area contributed by atoms with Gasteiger partial charge in [-0.25, -0.2) is 13.9 Å². The van der Waals surface area contributed by atoms with Gasteiger partial charge in [0.15, 0.2) is 6.29 Å². The van der Waals surface area contributed by atoms with E-state index in [4.69, 9.17) is 142 Å². The summed E-state index contributed by atoms with van der Waals surface area (Å²) >= 11 is 17.4. The second-order valence-electron chi connectivity index (χ2n) is 32.7. The predicted molar refractivity (Wildman–Crippen MR) is 495 cm³/mol. The van der Waals surface area contributed by atoms with Crippen molar-refractivity contribution in [3.05, 3.63) is 130 Å². The molecule has 4 aromatic carbocycles. The second-order valence-corrected chi connectivity index (χ2v) is 42.1. The number of imide groups is 1. The Morgan fingerprint density at radius 2 is 0.945 bits per heavy atom. The Labute approximate surface area is 771 Å². The van der Waals surface area contributed by atoms with Gasteiger partial charge in [-0.1, -0.05) is 91.3 Å². The fourth-order valence-electron chi connectivity index (χ4n) is 11.0. The summed E-state index contributed by atoms with van der Waals surface area (Å²) in [5.74, 6) is -0.567. The Bertz CT molecular complexity index is 3820. The summed E-state index contributed by atoms with van der Waals surface area (Å²) in [7, 11) is 0.0960. The lowest BCUT2D eigenvalue weighted by Crippen LogP contribution is -2.45. The van der Waals surface area contributed by atoms with E-state index in [2.05, 4.69) is 82.9 Å². The van der Waals surface area contributed by atoms with Crippen molar-refractivity contribution in [1.29, 1.82) is 0 Å². The first-order chi connectivity index (χ1) is 59.8. The highest BCUT2D eigenvalue weighted by atomic mass is 35.5. The molecule has 1 saturated heterocycles. The van der Waals surface area contributed by atoms with Gasteiger partial charge in [0.05, 0.1) is 158 Å². The third-order valence-electron chi connectivity index (χ3n) is 16.3. The van der Waals surface area contributed by atoms with Crippen molar-refractivity contribution in [2.75, 3.05) is 161 Å². The number of hydroxylamine groups is 2. The van der Waals surface area contributed by atoms with Gasteiger partial charge in [-0.3, -0.25) is 46.8 Å². The summed E-state index contributed by atoms with van der Waals surface area (Å²) in [4.78, 5) is 50.4. The second kappa shape index (κ2) is 63.1. The molecule has 0 spiro atoms. The van der Waals surface area contributed by atoms with Crippen molar-refractivity contribution in [3.63, 3.8) is 0 Å². The van der Waals surface area contributed by atoms with Crippen molar-refractivity contribution < 1.29 is 140 Å². The molecular formula is C88H147ClN2O30P4S2. The van der Waals surface area contributed by atoms with E-state index in [1.54, 1.807) is 74.0 Å². The zero-order valence-electron chi connectivity index (χ0n) is 79.1. The van der Waals surface area contributed by atoms with Gasteiger partial charge in [-0.2, -0.15) is 0 Å². The molecular weight excluding hydrogens is 1790 g/mol. The molecule has 0 saturated carbocycles. The molecule has 1 N–H and O–H groups in total. The number of phosphoric acid groups is 2. The third kappa shape index (κ3) is 53.5. The Hall–Kier alpha value is -4.23. The number of phosphoric ester groups is 2. The average Bonchev–Trinajstić information content (AvgIpc) is 1.27. The minimum atomic E-state index is -3.81. The van der Waals surface area contributed by atoms with Gasteiger partial charge in [0.1, 0.15) is 18.1 Å².